The van der Waals surface area contributed by atoms with Crippen molar-refractivity contribution in [3.05, 3.63) is 45.7 Å². The lowest BCUT2D eigenvalue weighted by Crippen LogP contribution is -2.39. The predicted octanol–water partition coefficient (Wildman–Crippen LogP) is 3.60. The van der Waals surface area contributed by atoms with Gasteiger partial charge in [-0.05, 0) is 44.9 Å². The predicted molar refractivity (Wildman–Crippen MR) is 87.6 cm³/mol. The molecule has 1 aliphatic heterocycles. The minimum atomic E-state index is 0.197. The number of aryl methyl sites for hydroxylation is 1. The summed E-state index contributed by atoms with van der Waals surface area (Å²) >= 11 is 0. The number of nitrogens with zero attached hydrogens (tertiary/aromatic N) is 1. The fourth-order valence-corrected chi connectivity index (χ4v) is 3.52. The van der Waals surface area contributed by atoms with Crippen LogP contribution in [0.15, 0.2) is 29.1 Å². The van der Waals surface area contributed by atoms with Crippen LogP contribution >= 0.6 is 0 Å². The van der Waals surface area contributed by atoms with Gasteiger partial charge in [-0.25, -0.2) is 0 Å². The molecule has 0 spiro atoms. The number of piperidine rings is 1. The second-order valence-corrected chi connectivity index (χ2v) is 6.13. The Bertz CT molecular complexity index is 689. The summed E-state index contributed by atoms with van der Waals surface area (Å²) < 4.78 is 0. The van der Waals surface area contributed by atoms with Gasteiger partial charge in [-0.1, -0.05) is 25.5 Å². The molecule has 1 aliphatic rings. The molecule has 2 aromatic rings. The maximum Gasteiger partial charge on any atom is 0.194 e. The molecule has 3 nitrogen and oxygen atoms in total. The van der Waals surface area contributed by atoms with E-state index in [4.69, 9.17) is 0 Å². The van der Waals surface area contributed by atoms with Gasteiger partial charge in [-0.2, -0.15) is 0 Å². The maximum atomic E-state index is 12.8. The molecule has 112 valence electrons. The molecule has 1 N–H and O–H groups in total. The summed E-state index contributed by atoms with van der Waals surface area (Å²) in [7, 11) is 0. The quantitative estimate of drug-likeness (QED) is 0.935. The maximum absolute atomic E-state index is 12.8. The second-order valence-electron chi connectivity index (χ2n) is 6.13. The summed E-state index contributed by atoms with van der Waals surface area (Å²) in [4.78, 5) is 18.7. The number of benzene rings is 1. The van der Waals surface area contributed by atoms with Crippen molar-refractivity contribution in [1.29, 1.82) is 0 Å². The highest BCUT2D eigenvalue weighted by Gasteiger charge is 2.22. The van der Waals surface area contributed by atoms with Gasteiger partial charge in [0.2, 0.25) is 0 Å². The van der Waals surface area contributed by atoms with Gasteiger partial charge in [0.15, 0.2) is 5.43 Å². The van der Waals surface area contributed by atoms with E-state index in [1.54, 1.807) is 0 Å². The zero-order valence-electron chi connectivity index (χ0n) is 13.0. The standard InChI is InChI=1S/C18H24N2O/c1-3-14-8-6-7-11-20(14)12-16-13(2)19-17-10-5-4-9-15(17)18(16)21/h4-5,9-10,14H,3,6-8,11-12H2,1-2H3,(H,19,21)/t14-/m1/s1. The van der Waals surface area contributed by atoms with Crippen LogP contribution in [0.3, 0.4) is 0 Å². The zero-order valence-corrected chi connectivity index (χ0v) is 13.0. The molecule has 1 aromatic heterocycles. The Balaban J connectivity index is 1.98. The van der Waals surface area contributed by atoms with Crippen molar-refractivity contribution in [2.75, 3.05) is 6.54 Å². The fourth-order valence-electron chi connectivity index (χ4n) is 3.52. The highest BCUT2D eigenvalue weighted by atomic mass is 16.1. The van der Waals surface area contributed by atoms with E-state index < -0.39 is 0 Å². The summed E-state index contributed by atoms with van der Waals surface area (Å²) in [5.41, 5.74) is 3.09. The highest BCUT2D eigenvalue weighted by molar-refractivity contribution is 5.79. The van der Waals surface area contributed by atoms with Gasteiger partial charge in [0.05, 0.1) is 0 Å². The molecule has 3 heteroatoms. The van der Waals surface area contributed by atoms with Crippen LogP contribution in [0, 0.1) is 6.92 Å². The third-order valence-electron chi connectivity index (χ3n) is 4.80. The van der Waals surface area contributed by atoms with Gasteiger partial charge in [0.1, 0.15) is 0 Å². The molecular weight excluding hydrogens is 260 g/mol. The fraction of sp³-hybridized carbons (Fsp3) is 0.500. The minimum Gasteiger partial charge on any atom is -0.358 e. The summed E-state index contributed by atoms with van der Waals surface area (Å²) in [6.45, 7) is 6.17. The largest absolute Gasteiger partial charge is 0.358 e. The number of nitrogens with one attached hydrogen (secondary N) is 1. The van der Waals surface area contributed by atoms with Crippen molar-refractivity contribution in [2.45, 2.75) is 52.1 Å². The van der Waals surface area contributed by atoms with Crippen molar-refractivity contribution in [3.8, 4) is 0 Å². The first-order valence-electron chi connectivity index (χ1n) is 8.05. The van der Waals surface area contributed by atoms with E-state index >= 15 is 0 Å². The first-order valence-corrected chi connectivity index (χ1v) is 8.05. The molecule has 1 fully saturated rings. The molecule has 0 saturated carbocycles. The molecule has 0 radical (unpaired) electrons. The van der Waals surface area contributed by atoms with E-state index in [1.807, 2.05) is 31.2 Å². The molecule has 3 rings (SSSR count). The van der Waals surface area contributed by atoms with Crippen LogP contribution in [0.4, 0.5) is 0 Å². The van der Waals surface area contributed by atoms with Crippen LogP contribution in [-0.2, 0) is 6.54 Å². The van der Waals surface area contributed by atoms with Crippen LogP contribution in [0.5, 0.6) is 0 Å². The molecule has 0 aliphatic carbocycles. The normalized spacial score (nSPS) is 20.0. The van der Waals surface area contributed by atoms with Crippen LogP contribution in [-0.4, -0.2) is 22.5 Å². The minimum absolute atomic E-state index is 0.197. The summed E-state index contributed by atoms with van der Waals surface area (Å²) in [5, 5.41) is 0.808. The summed E-state index contributed by atoms with van der Waals surface area (Å²) in [6, 6.07) is 8.43. The third kappa shape index (κ3) is 2.75. The van der Waals surface area contributed by atoms with Gasteiger partial charge in [0, 0.05) is 34.7 Å². The van der Waals surface area contributed by atoms with E-state index in [0.717, 1.165) is 35.2 Å². The Kier molecular flexibility index (Phi) is 4.11. The highest BCUT2D eigenvalue weighted by Crippen LogP contribution is 2.22. The molecule has 1 aromatic carbocycles. The summed E-state index contributed by atoms with van der Waals surface area (Å²) in [5.74, 6) is 0. The van der Waals surface area contributed by atoms with E-state index in [2.05, 4.69) is 16.8 Å². The van der Waals surface area contributed by atoms with Gasteiger partial charge in [0.25, 0.3) is 0 Å². The lowest BCUT2D eigenvalue weighted by molar-refractivity contribution is 0.135. The molecular formula is C18H24N2O. The van der Waals surface area contributed by atoms with Crippen LogP contribution in [0.2, 0.25) is 0 Å². The number of aromatic amines is 1. The molecule has 1 atom stereocenters. The average molecular weight is 284 g/mol. The van der Waals surface area contributed by atoms with Gasteiger partial charge in [-0.15, -0.1) is 0 Å². The SMILES string of the molecule is CC[C@@H]1CCCCN1Cc1c(C)[nH]c2ccccc2c1=O. The average Bonchev–Trinajstić information content (AvgIpc) is 2.52. The Morgan fingerprint density at radius 2 is 2.10 bits per heavy atom. The molecule has 2 heterocycles. The Morgan fingerprint density at radius 3 is 2.90 bits per heavy atom. The second kappa shape index (κ2) is 6.02. The van der Waals surface area contributed by atoms with Crippen molar-refractivity contribution >= 4 is 10.9 Å². The van der Waals surface area contributed by atoms with Crippen LogP contribution in [0.1, 0.15) is 43.9 Å². The van der Waals surface area contributed by atoms with E-state index in [9.17, 15) is 4.79 Å². The molecule has 0 amide bonds. The van der Waals surface area contributed by atoms with Gasteiger partial charge >= 0.3 is 0 Å². The number of aromatic nitrogens is 1. The lowest BCUT2D eigenvalue weighted by atomic mass is 9.98. The first kappa shape index (κ1) is 14.3. The van der Waals surface area contributed by atoms with Crippen LogP contribution in [0.25, 0.3) is 10.9 Å². The number of fused-ring (bicyclic) bond motifs is 1. The van der Waals surface area contributed by atoms with Crippen molar-refractivity contribution < 1.29 is 0 Å². The molecule has 0 unspecified atom stereocenters. The van der Waals surface area contributed by atoms with Gasteiger partial charge < -0.3 is 4.98 Å². The third-order valence-corrected chi connectivity index (χ3v) is 4.80. The smallest absolute Gasteiger partial charge is 0.194 e. The number of likely N-dealkylation sites (tertiary alicyclic amines) is 1. The van der Waals surface area contributed by atoms with Crippen molar-refractivity contribution in [2.24, 2.45) is 0 Å². The first-order chi connectivity index (χ1) is 10.2. The number of rotatable bonds is 3. The number of hydrogen-bond acceptors (Lipinski definition) is 2. The molecule has 1 saturated heterocycles. The number of para-hydroxylation sites is 1. The molecule has 0 bridgehead atoms. The number of pyridine rings is 1. The zero-order chi connectivity index (χ0) is 14.8. The number of H-pyrrole nitrogens is 1. The topological polar surface area (TPSA) is 36.1 Å². The van der Waals surface area contributed by atoms with Gasteiger partial charge in [-0.3, -0.25) is 9.69 Å². The Hall–Kier alpha value is -1.61. The van der Waals surface area contributed by atoms with E-state index in [1.165, 1.54) is 25.7 Å². The van der Waals surface area contributed by atoms with Crippen molar-refractivity contribution in [1.82, 2.24) is 9.88 Å². The van der Waals surface area contributed by atoms with Crippen molar-refractivity contribution in [3.63, 3.8) is 0 Å². The summed E-state index contributed by atoms with van der Waals surface area (Å²) in [6.07, 6.45) is 5.01. The Labute approximate surface area is 126 Å². The monoisotopic (exact) mass is 284 g/mol. The number of hydrogen-bond donors (Lipinski definition) is 1. The molecule has 21 heavy (non-hydrogen) atoms. The van der Waals surface area contributed by atoms with Crippen LogP contribution < -0.4 is 5.43 Å². The van der Waals surface area contributed by atoms with E-state index in [-0.39, 0.29) is 5.43 Å². The Morgan fingerprint density at radius 1 is 1.29 bits per heavy atom. The van der Waals surface area contributed by atoms with E-state index in [0.29, 0.717) is 6.04 Å². The lowest BCUT2D eigenvalue weighted by Gasteiger charge is -2.35.